The summed E-state index contributed by atoms with van der Waals surface area (Å²) >= 11 is 0. The van der Waals surface area contributed by atoms with Gasteiger partial charge in [-0.1, -0.05) is 54.6 Å². The van der Waals surface area contributed by atoms with E-state index in [1.807, 2.05) is 6.07 Å². The van der Waals surface area contributed by atoms with Gasteiger partial charge >= 0.3 is 5.97 Å². The van der Waals surface area contributed by atoms with Crippen LogP contribution in [-0.4, -0.2) is 30.8 Å². The number of benzene rings is 3. The molecular formula is C25H21F2NO4. The molecule has 0 aliphatic heterocycles. The summed E-state index contributed by atoms with van der Waals surface area (Å²) in [7, 11) is 1.20. The molecule has 0 fully saturated rings. The molecule has 3 aromatic carbocycles. The second kappa shape index (κ2) is 10.4. The van der Waals surface area contributed by atoms with Gasteiger partial charge in [-0.05, 0) is 23.3 Å². The Hall–Kier alpha value is -3.87. The molecule has 1 atom stereocenters. The van der Waals surface area contributed by atoms with Crippen LogP contribution in [0.3, 0.4) is 0 Å². The first-order valence-corrected chi connectivity index (χ1v) is 9.86. The Morgan fingerprint density at radius 1 is 0.844 bits per heavy atom. The van der Waals surface area contributed by atoms with Gasteiger partial charge in [0.15, 0.2) is 5.78 Å². The van der Waals surface area contributed by atoms with Crippen LogP contribution in [0.2, 0.25) is 0 Å². The van der Waals surface area contributed by atoms with E-state index in [1.165, 1.54) is 7.11 Å². The maximum atomic E-state index is 13.3. The summed E-state index contributed by atoms with van der Waals surface area (Å²) in [6, 6.07) is 17.3. The molecule has 0 aromatic heterocycles. The molecule has 1 N–H and O–H groups in total. The summed E-state index contributed by atoms with van der Waals surface area (Å²) in [5.74, 6) is -2.95. The van der Waals surface area contributed by atoms with E-state index in [9.17, 15) is 23.2 Å². The number of rotatable bonds is 8. The van der Waals surface area contributed by atoms with E-state index < -0.39 is 29.6 Å². The summed E-state index contributed by atoms with van der Waals surface area (Å²) in [6.07, 6.45) is -0.178. The van der Waals surface area contributed by atoms with Gasteiger partial charge in [-0.15, -0.1) is 0 Å². The second-order valence-electron chi connectivity index (χ2n) is 7.19. The zero-order valence-corrected chi connectivity index (χ0v) is 17.3. The predicted molar refractivity (Wildman–Crippen MR) is 114 cm³/mol. The molecule has 3 rings (SSSR count). The minimum atomic E-state index is -0.999. The molecule has 1 amide bonds. The number of ketones is 1. The fraction of sp³-hybridized carbons (Fsp3) is 0.160. The number of hydrogen-bond donors (Lipinski definition) is 1. The van der Waals surface area contributed by atoms with Crippen LogP contribution in [-0.2, 0) is 27.2 Å². The third kappa shape index (κ3) is 6.07. The van der Waals surface area contributed by atoms with Crippen LogP contribution in [0.25, 0.3) is 0 Å². The average molecular weight is 437 g/mol. The highest BCUT2D eigenvalue weighted by atomic mass is 19.1. The lowest BCUT2D eigenvalue weighted by Gasteiger charge is -2.17. The van der Waals surface area contributed by atoms with Gasteiger partial charge in [-0.2, -0.15) is 0 Å². The lowest BCUT2D eigenvalue weighted by molar-refractivity contribution is -0.145. The summed E-state index contributed by atoms with van der Waals surface area (Å²) in [6.45, 7) is 0. The van der Waals surface area contributed by atoms with Crippen LogP contribution in [0.15, 0.2) is 72.8 Å². The van der Waals surface area contributed by atoms with Crippen molar-refractivity contribution in [2.24, 2.45) is 0 Å². The molecule has 0 aliphatic carbocycles. The van der Waals surface area contributed by atoms with Gasteiger partial charge in [0.2, 0.25) is 5.91 Å². The highest BCUT2D eigenvalue weighted by Crippen LogP contribution is 2.13. The number of halogens is 2. The van der Waals surface area contributed by atoms with Crippen molar-refractivity contribution in [2.45, 2.75) is 18.9 Å². The molecule has 0 heterocycles. The monoisotopic (exact) mass is 437 g/mol. The molecule has 0 aliphatic rings. The average Bonchev–Trinajstić information content (AvgIpc) is 2.78. The molecular weight excluding hydrogens is 416 g/mol. The summed E-state index contributed by atoms with van der Waals surface area (Å²) in [4.78, 5) is 37.0. The van der Waals surface area contributed by atoms with Gasteiger partial charge in [0.05, 0.1) is 13.5 Å². The zero-order valence-electron chi connectivity index (χ0n) is 17.3. The molecule has 0 spiro atoms. The van der Waals surface area contributed by atoms with Gasteiger partial charge in [-0.3, -0.25) is 9.59 Å². The van der Waals surface area contributed by atoms with Crippen molar-refractivity contribution in [1.29, 1.82) is 0 Å². The van der Waals surface area contributed by atoms with E-state index in [0.29, 0.717) is 22.8 Å². The maximum Gasteiger partial charge on any atom is 0.328 e. The number of amides is 1. The zero-order chi connectivity index (χ0) is 23.1. The Morgan fingerprint density at radius 2 is 1.44 bits per heavy atom. The number of methoxy groups -OCH3 is 1. The van der Waals surface area contributed by atoms with E-state index in [1.54, 1.807) is 48.5 Å². The lowest BCUT2D eigenvalue weighted by Crippen LogP contribution is -2.43. The van der Waals surface area contributed by atoms with Crippen LogP contribution in [0, 0.1) is 11.6 Å². The third-order valence-corrected chi connectivity index (χ3v) is 4.80. The second-order valence-corrected chi connectivity index (χ2v) is 7.19. The Morgan fingerprint density at radius 3 is 2.03 bits per heavy atom. The molecule has 5 nitrogen and oxygen atoms in total. The standard InChI is InChI=1S/C25H21F2NO4/c1-32-25(31)22(28-23(29)14-17-11-20(26)15-21(27)12-17)13-16-7-9-19(10-8-16)24(30)18-5-3-2-4-6-18/h2-12,15,22H,13-14H2,1H3,(H,28,29)/t22-/m1/s1. The first-order valence-electron chi connectivity index (χ1n) is 9.86. The first-order chi connectivity index (χ1) is 15.4. The van der Waals surface area contributed by atoms with Crippen LogP contribution < -0.4 is 5.32 Å². The lowest BCUT2D eigenvalue weighted by atomic mass is 9.99. The Balaban J connectivity index is 1.68. The van der Waals surface area contributed by atoms with Gasteiger partial charge in [0.25, 0.3) is 0 Å². The third-order valence-electron chi connectivity index (χ3n) is 4.80. The van der Waals surface area contributed by atoms with Crippen molar-refractivity contribution in [1.82, 2.24) is 5.32 Å². The van der Waals surface area contributed by atoms with Crippen LogP contribution in [0.1, 0.15) is 27.0 Å². The van der Waals surface area contributed by atoms with E-state index in [4.69, 9.17) is 4.74 Å². The summed E-state index contributed by atoms with van der Waals surface area (Å²) in [5.41, 5.74) is 1.90. The molecule has 32 heavy (non-hydrogen) atoms. The Labute approximate surface area is 184 Å². The number of carbonyl (C=O) groups is 3. The summed E-state index contributed by atoms with van der Waals surface area (Å²) < 4.78 is 31.4. The fourth-order valence-electron chi connectivity index (χ4n) is 3.26. The summed E-state index contributed by atoms with van der Waals surface area (Å²) in [5, 5.41) is 2.54. The molecule has 164 valence electrons. The minimum Gasteiger partial charge on any atom is -0.467 e. The normalized spacial score (nSPS) is 11.5. The molecule has 0 radical (unpaired) electrons. The highest BCUT2D eigenvalue weighted by molar-refractivity contribution is 6.08. The molecule has 3 aromatic rings. The smallest absolute Gasteiger partial charge is 0.328 e. The Bertz CT molecular complexity index is 1090. The highest BCUT2D eigenvalue weighted by Gasteiger charge is 2.22. The molecule has 7 heteroatoms. The van der Waals surface area contributed by atoms with Crippen molar-refractivity contribution in [3.05, 3.63) is 107 Å². The first kappa shape index (κ1) is 22.8. The molecule has 0 bridgehead atoms. The van der Waals surface area contributed by atoms with Crippen molar-refractivity contribution >= 4 is 17.7 Å². The topological polar surface area (TPSA) is 72.5 Å². The quantitative estimate of drug-likeness (QED) is 0.432. The number of ether oxygens (including phenoxy) is 1. The van der Waals surface area contributed by atoms with Crippen LogP contribution in [0.5, 0.6) is 0 Å². The number of carbonyl (C=O) groups excluding carboxylic acids is 3. The minimum absolute atomic E-state index is 0.121. The van der Waals surface area contributed by atoms with Crippen molar-refractivity contribution in [3.8, 4) is 0 Å². The van der Waals surface area contributed by atoms with Gasteiger partial charge < -0.3 is 10.1 Å². The number of hydrogen-bond acceptors (Lipinski definition) is 4. The molecule has 0 saturated carbocycles. The molecule has 0 saturated heterocycles. The Kier molecular flexibility index (Phi) is 7.44. The van der Waals surface area contributed by atoms with Gasteiger partial charge in [-0.25, -0.2) is 13.6 Å². The van der Waals surface area contributed by atoms with Crippen molar-refractivity contribution in [3.63, 3.8) is 0 Å². The number of esters is 1. The van der Waals surface area contributed by atoms with E-state index in [0.717, 1.165) is 12.1 Å². The SMILES string of the molecule is COC(=O)[C@@H](Cc1ccc(C(=O)c2ccccc2)cc1)NC(=O)Cc1cc(F)cc(F)c1. The predicted octanol–water partition coefficient (Wildman–Crippen LogP) is 3.64. The maximum absolute atomic E-state index is 13.3. The van der Waals surface area contributed by atoms with Crippen molar-refractivity contribution < 1.29 is 27.9 Å². The largest absolute Gasteiger partial charge is 0.467 e. The van der Waals surface area contributed by atoms with E-state index in [2.05, 4.69) is 5.32 Å². The van der Waals surface area contributed by atoms with Crippen LogP contribution in [0.4, 0.5) is 8.78 Å². The van der Waals surface area contributed by atoms with Gasteiger partial charge in [0.1, 0.15) is 17.7 Å². The molecule has 0 unspecified atom stereocenters. The fourth-order valence-corrected chi connectivity index (χ4v) is 3.26. The van der Waals surface area contributed by atoms with Crippen LogP contribution >= 0.6 is 0 Å². The number of nitrogens with one attached hydrogen (secondary N) is 1. The van der Waals surface area contributed by atoms with E-state index in [-0.39, 0.29) is 24.2 Å². The van der Waals surface area contributed by atoms with Crippen molar-refractivity contribution in [2.75, 3.05) is 7.11 Å². The van der Waals surface area contributed by atoms with E-state index >= 15 is 0 Å². The van der Waals surface area contributed by atoms with Gasteiger partial charge in [0, 0.05) is 23.6 Å².